The van der Waals surface area contributed by atoms with Crippen molar-refractivity contribution in [3.63, 3.8) is 0 Å². The number of hydrogen-bond acceptors (Lipinski definition) is 4. The van der Waals surface area contributed by atoms with Gasteiger partial charge in [0.25, 0.3) is 0 Å². The van der Waals surface area contributed by atoms with Crippen molar-refractivity contribution in [2.75, 3.05) is 31.9 Å². The van der Waals surface area contributed by atoms with Gasteiger partial charge >= 0.3 is 0 Å². The molecule has 0 aromatic carbocycles. The van der Waals surface area contributed by atoms with Crippen LogP contribution >= 0.6 is 11.8 Å². The van der Waals surface area contributed by atoms with Crippen LogP contribution in [0.15, 0.2) is 0 Å². The molecule has 4 nitrogen and oxygen atoms in total. The van der Waals surface area contributed by atoms with Crippen LogP contribution < -0.4 is 0 Å². The van der Waals surface area contributed by atoms with E-state index in [9.17, 15) is 9.59 Å². The Morgan fingerprint density at radius 2 is 2.05 bits per heavy atom. The summed E-state index contributed by atoms with van der Waals surface area (Å²) in [5.74, 6) is 1.46. The van der Waals surface area contributed by atoms with Gasteiger partial charge in [-0.05, 0) is 25.3 Å². The summed E-state index contributed by atoms with van der Waals surface area (Å²) in [4.78, 5) is 27.6. The zero-order chi connectivity index (χ0) is 13.8. The van der Waals surface area contributed by atoms with Gasteiger partial charge in [-0.15, -0.1) is 0 Å². The summed E-state index contributed by atoms with van der Waals surface area (Å²) in [6.45, 7) is 7.97. The fourth-order valence-electron chi connectivity index (χ4n) is 3.06. The summed E-state index contributed by atoms with van der Waals surface area (Å²) in [5, 5.41) is 0.155. The maximum absolute atomic E-state index is 12.1. The molecule has 2 aliphatic rings. The number of carbonyl (C=O) groups excluding carboxylic acids is 2. The predicted molar refractivity (Wildman–Crippen MR) is 78.1 cm³/mol. The molecule has 2 rings (SSSR count). The van der Waals surface area contributed by atoms with E-state index in [1.165, 1.54) is 11.8 Å². The number of carbonyl (C=O) groups is 2. The van der Waals surface area contributed by atoms with Gasteiger partial charge in [0, 0.05) is 44.8 Å². The fraction of sp³-hybridized carbons (Fsp3) is 0.857. The van der Waals surface area contributed by atoms with Gasteiger partial charge < -0.3 is 9.80 Å². The highest BCUT2D eigenvalue weighted by Crippen LogP contribution is 2.27. The average molecular weight is 284 g/mol. The number of hydrogen-bond donors (Lipinski definition) is 0. The molecule has 2 fully saturated rings. The maximum atomic E-state index is 12.1. The Hall–Kier alpha value is -0.550. The third kappa shape index (κ3) is 3.96. The summed E-state index contributed by atoms with van der Waals surface area (Å²) in [5.41, 5.74) is 0. The van der Waals surface area contributed by atoms with E-state index in [0.29, 0.717) is 24.3 Å². The first-order valence-electron chi connectivity index (χ1n) is 7.25. The molecule has 2 saturated heterocycles. The molecule has 1 atom stereocenters. The first-order valence-corrected chi connectivity index (χ1v) is 8.24. The van der Waals surface area contributed by atoms with Crippen molar-refractivity contribution in [3.05, 3.63) is 0 Å². The summed E-state index contributed by atoms with van der Waals surface area (Å²) < 4.78 is 0. The van der Waals surface area contributed by atoms with Crippen molar-refractivity contribution in [3.8, 4) is 0 Å². The molecule has 0 aliphatic carbocycles. The molecule has 1 amide bonds. The Labute approximate surface area is 119 Å². The van der Waals surface area contributed by atoms with Crippen LogP contribution in [0.3, 0.4) is 0 Å². The normalized spacial score (nSPS) is 26.1. The Morgan fingerprint density at radius 3 is 2.63 bits per heavy atom. The molecule has 0 radical (unpaired) electrons. The molecule has 0 spiro atoms. The van der Waals surface area contributed by atoms with E-state index in [-0.39, 0.29) is 5.12 Å². The van der Waals surface area contributed by atoms with Crippen LogP contribution in [-0.4, -0.2) is 58.8 Å². The molecule has 0 N–H and O–H groups in total. The van der Waals surface area contributed by atoms with Crippen molar-refractivity contribution < 1.29 is 9.59 Å². The Kier molecular flexibility index (Phi) is 5.28. The van der Waals surface area contributed by atoms with Crippen molar-refractivity contribution in [1.29, 1.82) is 0 Å². The van der Waals surface area contributed by atoms with Crippen LogP contribution in [0, 0.1) is 5.92 Å². The predicted octanol–water partition coefficient (Wildman–Crippen LogP) is 1.60. The number of nitrogens with zero attached hydrogens (tertiary/aromatic N) is 2. The van der Waals surface area contributed by atoms with E-state index in [4.69, 9.17) is 0 Å². The van der Waals surface area contributed by atoms with E-state index < -0.39 is 0 Å². The third-order valence-electron chi connectivity index (χ3n) is 4.21. The van der Waals surface area contributed by atoms with Crippen molar-refractivity contribution >= 4 is 22.8 Å². The number of likely N-dealkylation sites (tertiary alicyclic amines) is 2. The van der Waals surface area contributed by atoms with Gasteiger partial charge in [0.15, 0.2) is 5.12 Å². The van der Waals surface area contributed by atoms with Crippen LogP contribution in [0.1, 0.15) is 33.1 Å². The first kappa shape index (κ1) is 14.9. The lowest BCUT2D eigenvalue weighted by molar-refractivity contribution is -0.130. The molecule has 19 heavy (non-hydrogen) atoms. The number of piperidine rings is 1. The Balaban J connectivity index is 1.81. The van der Waals surface area contributed by atoms with Crippen molar-refractivity contribution in [2.24, 2.45) is 5.92 Å². The fourth-order valence-corrected chi connectivity index (χ4v) is 3.75. The van der Waals surface area contributed by atoms with E-state index in [1.807, 2.05) is 0 Å². The minimum Gasteiger partial charge on any atom is -0.339 e. The second-order valence-corrected chi connectivity index (χ2v) is 6.78. The lowest BCUT2D eigenvalue weighted by atomic mass is 10.0. The molecule has 0 saturated carbocycles. The van der Waals surface area contributed by atoms with Crippen LogP contribution in [-0.2, 0) is 9.59 Å². The smallest absolute Gasteiger partial charge is 0.223 e. The Bertz CT molecular complexity index is 340. The molecular weight excluding hydrogens is 260 g/mol. The lowest BCUT2D eigenvalue weighted by Crippen LogP contribution is -2.45. The number of rotatable bonds is 4. The monoisotopic (exact) mass is 284 g/mol. The van der Waals surface area contributed by atoms with Gasteiger partial charge in [0.1, 0.15) is 0 Å². The second-order valence-electron chi connectivity index (χ2n) is 5.58. The van der Waals surface area contributed by atoms with Gasteiger partial charge in [-0.1, -0.05) is 18.7 Å². The molecule has 108 valence electrons. The summed E-state index contributed by atoms with van der Waals surface area (Å²) in [7, 11) is 0. The summed E-state index contributed by atoms with van der Waals surface area (Å²) in [6.07, 6.45) is 2.84. The van der Waals surface area contributed by atoms with E-state index >= 15 is 0 Å². The van der Waals surface area contributed by atoms with Gasteiger partial charge in [0.05, 0.1) is 0 Å². The van der Waals surface area contributed by atoms with Gasteiger partial charge in [0.2, 0.25) is 5.91 Å². The SMILES string of the molecule is CCN1CCC(N2CC(CSC(C)=O)CC2=O)CC1. The first-order chi connectivity index (χ1) is 9.10. The second kappa shape index (κ2) is 6.75. The quantitative estimate of drug-likeness (QED) is 0.786. The highest BCUT2D eigenvalue weighted by atomic mass is 32.2. The molecule has 1 unspecified atom stereocenters. The van der Waals surface area contributed by atoms with Crippen molar-refractivity contribution in [2.45, 2.75) is 39.2 Å². The molecular formula is C14H24N2O2S. The van der Waals surface area contributed by atoms with Gasteiger partial charge in [-0.3, -0.25) is 9.59 Å². The topological polar surface area (TPSA) is 40.6 Å². The Morgan fingerprint density at radius 1 is 1.37 bits per heavy atom. The van der Waals surface area contributed by atoms with E-state index in [1.54, 1.807) is 6.92 Å². The van der Waals surface area contributed by atoms with Crippen LogP contribution in [0.5, 0.6) is 0 Å². The molecule has 2 aliphatic heterocycles. The molecule has 0 aromatic heterocycles. The molecule has 2 heterocycles. The molecule has 0 aromatic rings. The maximum Gasteiger partial charge on any atom is 0.223 e. The minimum atomic E-state index is 0.155. The largest absolute Gasteiger partial charge is 0.339 e. The van der Waals surface area contributed by atoms with Gasteiger partial charge in [-0.25, -0.2) is 0 Å². The van der Waals surface area contributed by atoms with E-state index in [0.717, 1.165) is 44.8 Å². The zero-order valence-corrected chi connectivity index (χ0v) is 12.7. The lowest BCUT2D eigenvalue weighted by Gasteiger charge is -2.36. The minimum absolute atomic E-state index is 0.155. The van der Waals surface area contributed by atoms with Crippen LogP contribution in [0.25, 0.3) is 0 Å². The summed E-state index contributed by atoms with van der Waals surface area (Å²) >= 11 is 1.36. The van der Waals surface area contributed by atoms with E-state index in [2.05, 4.69) is 16.7 Å². The number of amides is 1. The highest BCUT2D eigenvalue weighted by Gasteiger charge is 2.35. The molecule has 5 heteroatoms. The number of thioether (sulfide) groups is 1. The standard InChI is InChI=1S/C14H24N2O2S/c1-3-15-6-4-13(5-7-15)16-9-12(8-14(16)18)10-19-11(2)17/h12-13H,3-10H2,1-2H3. The van der Waals surface area contributed by atoms with Gasteiger partial charge in [-0.2, -0.15) is 0 Å². The van der Waals surface area contributed by atoms with Crippen LogP contribution in [0.2, 0.25) is 0 Å². The zero-order valence-electron chi connectivity index (χ0n) is 11.9. The highest BCUT2D eigenvalue weighted by molar-refractivity contribution is 8.13. The van der Waals surface area contributed by atoms with Crippen LogP contribution in [0.4, 0.5) is 0 Å². The average Bonchev–Trinajstić information content (AvgIpc) is 2.78. The third-order valence-corrected chi connectivity index (χ3v) is 5.25. The molecule has 0 bridgehead atoms. The summed E-state index contributed by atoms with van der Waals surface area (Å²) in [6, 6.07) is 0.433. The van der Waals surface area contributed by atoms with Crippen molar-refractivity contribution in [1.82, 2.24) is 9.80 Å².